The number of halogens is 1. The van der Waals surface area contributed by atoms with Crippen LogP contribution in [0, 0.1) is 0 Å². The molecule has 0 spiro atoms. The van der Waals surface area contributed by atoms with Gasteiger partial charge < -0.3 is 13.3 Å². The fourth-order valence-corrected chi connectivity index (χ4v) is 5.10. The topological polar surface area (TPSA) is 27.7 Å². The molecule has 0 unspecified atom stereocenters. The second kappa shape index (κ2) is 10.4. The molecule has 120 valence electrons. The fourth-order valence-electron chi connectivity index (χ4n) is 2.31. The van der Waals surface area contributed by atoms with Gasteiger partial charge in [-0.25, -0.2) is 0 Å². The summed E-state index contributed by atoms with van der Waals surface area (Å²) in [5.74, 6) is 0.565. The highest BCUT2D eigenvalue weighted by Gasteiger charge is 2.39. The first-order valence-electron chi connectivity index (χ1n) is 7.75. The second-order valence-corrected chi connectivity index (χ2v) is 7.79. The first-order valence-corrected chi connectivity index (χ1v) is 10.2. The van der Waals surface area contributed by atoms with Crippen LogP contribution in [0.4, 0.5) is 0 Å². The van der Waals surface area contributed by atoms with Gasteiger partial charge in [0.05, 0.1) is 0 Å². The lowest BCUT2D eigenvalue weighted by Gasteiger charge is -2.28. The molecule has 0 fully saturated rings. The zero-order valence-electron chi connectivity index (χ0n) is 13.4. The maximum Gasteiger partial charge on any atom is 0.500 e. The summed E-state index contributed by atoms with van der Waals surface area (Å²) < 4.78 is 17.6. The molecular weight excluding hydrogens is 304 g/mol. The number of rotatable bonds is 11. The van der Waals surface area contributed by atoms with Gasteiger partial charge in [-0.15, -0.1) is 11.6 Å². The molecule has 0 aliphatic carbocycles. The molecular formula is C16H27ClO3Si. The van der Waals surface area contributed by atoms with Crippen molar-refractivity contribution in [1.82, 2.24) is 0 Å². The van der Waals surface area contributed by atoms with Gasteiger partial charge in [-0.05, 0) is 44.7 Å². The molecule has 0 aliphatic heterocycles. The number of aryl methyl sites for hydroxylation is 1. The summed E-state index contributed by atoms with van der Waals surface area (Å²) in [6, 6.07) is 9.31. The molecule has 0 saturated heterocycles. The van der Waals surface area contributed by atoms with Crippen molar-refractivity contribution in [3.05, 3.63) is 35.4 Å². The summed E-state index contributed by atoms with van der Waals surface area (Å²) in [4.78, 5) is 0. The van der Waals surface area contributed by atoms with Crippen molar-refractivity contribution in [1.29, 1.82) is 0 Å². The molecule has 3 nitrogen and oxygen atoms in total. The van der Waals surface area contributed by atoms with Crippen LogP contribution >= 0.6 is 11.6 Å². The Hall–Kier alpha value is -0.393. The van der Waals surface area contributed by atoms with Crippen molar-refractivity contribution in [2.75, 3.05) is 19.8 Å². The van der Waals surface area contributed by atoms with Crippen molar-refractivity contribution in [2.24, 2.45) is 0 Å². The number of alkyl halides is 1. The highest BCUT2D eigenvalue weighted by Crippen LogP contribution is 2.20. The van der Waals surface area contributed by atoms with Gasteiger partial charge >= 0.3 is 8.80 Å². The van der Waals surface area contributed by atoms with Gasteiger partial charge in [0, 0.05) is 31.7 Å². The summed E-state index contributed by atoms with van der Waals surface area (Å²) in [6.45, 7) is 7.88. The third-order valence-corrected chi connectivity index (χ3v) is 6.68. The van der Waals surface area contributed by atoms with Crippen LogP contribution in [0.2, 0.25) is 6.04 Å². The molecule has 21 heavy (non-hydrogen) atoms. The first-order chi connectivity index (χ1) is 10.2. The maximum absolute atomic E-state index is 5.86. The summed E-state index contributed by atoms with van der Waals surface area (Å²) in [5, 5.41) is 0. The maximum atomic E-state index is 5.86. The standard InChI is InChI=1S/C16H27ClO3Si/c1-4-18-21(19-5-2,20-6-3)13-7-8-15-9-11-16(14-17)12-10-15/h9-12H,4-8,13-14H2,1-3H3. The largest absolute Gasteiger partial charge is 0.500 e. The second-order valence-electron chi connectivity index (χ2n) is 4.79. The Morgan fingerprint density at radius 2 is 1.33 bits per heavy atom. The summed E-state index contributed by atoms with van der Waals surface area (Å²) >= 11 is 5.80. The van der Waals surface area contributed by atoms with Crippen LogP contribution in [0.5, 0.6) is 0 Å². The van der Waals surface area contributed by atoms with Gasteiger partial charge in [0.15, 0.2) is 0 Å². The van der Waals surface area contributed by atoms with Gasteiger partial charge in [0.2, 0.25) is 0 Å². The van der Waals surface area contributed by atoms with E-state index in [0.717, 1.165) is 24.4 Å². The molecule has 0 heterocycles. The van der Waals surface area contributed by atoms with Gasteiger partial charge in [0.1, 0.15) is 0 Å². The van der Waals surface area contributed by atoms with Crippen LogP contribution in [0.25, 0.3) is 0 Å². The Balaban J connectivity index is 2.54. The molecule has 5 heteroatoms. The number of hydrogen-bond donors (Lipinski definition) is 0. The van der Waals surface area contributed by atoms with Crippen LogP contribution in [-0.4, -0.2) is 28.6 Å². The zero-order chi connectivity index (χ0) is 15.6. The molecule has 1 aromatic carbocycles. The minimum absolute atomic E-state index is 0.565. The molecule has 0 aliphatic rings. The molecule has 0 radical (unpaired) electrons. The molecule has 0 amide bonds. The van der Waals surface area contributed by atoms with E-state index < -0.39 is 8.80 Å². The molecule has 0 atom stereocenters. The van der Waals surface area contributed by atoms with Crippen molar-refractivity contribution < 1.29 is 13.3 Å². The lowest BCUT2D eigenvalue weighted by Crippen LogP contribution is -2.46. The van der Waals surface area contributed by atoms with Crippen molar-refractivity contribution in [2.45, 2.75) is 45.5 Å². The van der Waals surface area contributed by atoms with Crippen LogP contribution in [0.1, 0.15) is 38.3 Å². The SMILES string of the molecule is CCO[Si](CCCc1ccc(CCl)cc1)(OCC)OCC. The highest BCUT2D eigenvalue weighted by atomic mass is 35.5. The van der Waals surface area contributed by atoms with E-state index in [1.54, 1.807) is 0 Å². The van der Waals surface area contributed by atoms with Crippen LogP contribution in [0.15, 0.2) is 24.3 Å². The Kier molecular flexibility index (Phi) is 9.20. The molecule has 0 saturated carbocycles. The molecule has 1 rings (SSSR count). The van der Waals surface area contributed by atoms with E-state index >= 15 is 0 Å². The van der Waals surface area contributed by atoms with E-state index in [4.69, 9.17) is 24.9 Å². The third kappa shape index (κ3) is 6.49. The Morgan fingerprint density at radius 1 is 0.857 bits per heavy atom. The minimum Gasteiger partial charge on any atom is -0.374 e. The molecule has 1 aromatic rings. The van der Waals surface area contributed by atoms with Crippen LogP contribution in [-0.2, 0) is 25.6 Å². The predicted molar refractivity (Wildman–Crippen MR) is 89.8 cm³/mol. The molecule has 0 N–H and O–H groups in total. The van der Waals surface area contributed by atoms with E-state index in [2.05, 4.69) is 24.3 Å². The first kappa shape index (κ1) is 18.7. The predicted octanol–water partition coefficient (Wildman–Crippen LogP) is 4.41. The quantitative estimate of drug-likeness (QED) is 0.444. The molecule has 0 bridgehead atoms. The lowest BCUT2D eigenvalue weighted by atomic mass is 10.1. The highest BCUT2D eigenvalue weighted by molar-refractivity contribution is 6.60. The van der Waals surface area contributed by atoms with Crippen molar-refractivity contribution >= 4 is 20.4 Å². The Morgan fingerprint density at radius 3 is 1.76 bits per heavy atom. The van der Waals surface area contributed by atoms with Crippen molar-refractivity contribution in [3.8, 4) is 0 Å². The number of hydrogen-bond acceptors (Lipinski definition) is 3. The average Bonchev–Trinajstić information content (AvgIpc) is 2.49. The van der Waals surface area contributed by atoms with Gasteiger partial charge in [-0.2, -0.15) is 0 Å². The van der Waals surface area contributed by atoms with E-state index in [1.807, 2.05) is 20.8 Å². The van der Waals surface area contributed by atoms with E-state index in [0.29, 0.717) is 25.7 Å². The number of benzene rings is 1. The molecule has 0 aromatic heterocycles. The van der Waals surface area contributed by atoms with E-state index in [-0.39, 0.29) is 0 Å². The fraction of sp³-hybridized carbons (Fsp3) is 0.625. The normalized spacial score (nSPS) is 11.8. The zero-order valence-corrected chi connectivity index (χ0v) is 15.1. The van der Waals surface area contributed by atoms with E-state index in [9.17, 15) is 0 Å². The smallest absolute Gasteiger partial charge is 0.374 e. The summed E-state index contributed by atoms with van der Waals surface area (Å²) in [7, 11) is -2.49. The van der Waals surface area contributed by atoms with Gasteiger partial charge in [-0.3, -0.25) is 0 Å². The van der Waals surface area contributed by atoms with E-state index in [1.165, 1.54) is 5.56 Å². The van der Waals surface area contributed by atoms with Crippen molar-refractivity contribution in [3.63, 3.8) is 0 Å². The summed E-state index contributed by atoms with van der Waals surface area (Å²) in [5.41, 5.74) is 2.47. The third-order valence-electron chi connectivity index (χ3n) is 3.22. The Bertz CT molecular complexity index is 367. The lowest BCUT2D eigenvalue weighted by molar-refractivity contribution is 0.0708. The summed E-state index contributed by atoms with van der Waals surface area (Å²) in [6.07, 6.45) is 2.01. The minimum atomic E-state index is -2.49. The van der Waals surface area contributed by atoms with Crippen LogP contribution < -0.4 is 0 Å². The average molecular weight is 331 g/mol. The Labute approximate surface area is 134 Å². The van der Waals surface area contributed by atoms with Crippen LogP contribution in [0.3, 0.4) is 0 Å². The van der Waals surface area contributed by atoms with Gasteiger partial charge in [-0.1, -0.05) is 24.3 Å². The monoisotopic (exact) mass is 330 g/mol. The van der Waals surface area contributed by atoms with Gasteiger partial charge in [0.25, 0.3) is 0 Å².